The van der Waals surface area contributed by atoms with Crippen LogP contribution in [0, 0.1) is 11.8 Å². The van der Waals surface area contributed by atoms with Gasteiger partial charge in [0.1, 0.15) is 0 Å². The Hall–Kier alpha value is -0.0800. The summed E-state index contributed by atoms with van der Waals surface area (Å²) in [4.78, 5) is 0. The first kappa shape index (κ1) is 7.03. The predicted octanol–water partition coefficient (Wildman–Crippen LogP) is 0.354. The van der Waals surface area contributed by atoms with Gasteiger partial charge >= 0.3 is 0 Å². The molecule has 1 aliphatic rings. The van der Waals surface area contributed by atoms with E-state index >= 15 is 0 Å². The summed E-state index contributed by atoms with van der Waals surface area (Å²) in [7, 11) is 0. The summed E-state index contributed by atoms with van der Waals surface area (Å²) in [5, 5.41) is 8.78. The van der Waals surface area contributed by atoms with Gasteiger partial charge < -0.3 is 10.8 Å². The number of aliphatic hydroxyl groups excluding tert-OH is 1. The molecule has 0 bridgehead atoms. The van der Waals surface area contributed by atoms with Crippen LogP contribution in [0.2, 0.25) is 0 Å². The molecule has 1 fully saturated rings. The molecule has 0 aromatic carbocycles. The molecule has 3 N–H and O–H groups in total. The summed E-state index contributed by atoms with van der Waals surface area (Å²) in [6, 6.07) is 0. The highest BCUT2D eigenvalue weighted by atomic mass is 16.3. The van der Waals surface area contributed by atoms with Crippen LogP contribution in [-0.2, 0) is 0 Å². The molecular formula is C7H15NO. The highest BCUT2D eigenvalue weighted by Gasteiger charge is 2.25. The van der Waals surface area contributed by atoms with Crippen LogP contribution in [0.4, 0.5) is 0 Å². The van der Waals surface area contributed by atoms with Gasteiger partial charge in [0, 0.05) is 6.61 Å². The largest absolute Gasteiger partial charge is 0.396 e. The molecular weight excluding hydrogens is 114 g/mol. The summed E-state index contributed by atoms with van der Waals surface area (Å²) in [6.45, 7) is 0.933. The lowest BCUT2D eigenvalue weighted by Gasteiger charge is -2.31. The van der Waals surface area contributed by atoms with Crippen molar-refractivity contribution in [3.63, 3.8) is 0 Å². The smallest absolute Gasteiger partial charge is 0.0473 e. The first-order valence-corrected chi connectivity index (χ1v) is 3.69. The van der Waals surface area contributed by atoms with Gasteiger partial charge in [-0.25, -0.2) is 0 Å². The Labute approximate surface area is 56.1 Å². The fourth-order valence-corrected chi connectivity index (χ4v) is 1.33. The van der Waals surface area contributed by atoms with Gasteiger partial charge in [-0.15, -0.1) is 0 Å². The van der Waals surface area contributed by atoms with Crippen LogP contribution in [0.3, 0.4) is 0 Å². The van der Waals surface area contributed by atoms with E-state index in [1.165, 1.54) is 19.3 Å². The minimum Gasteiger partial charge on any atom is -0.396 e. The molecule has 0 aliphatic heterocycles. The quantitative estimate of drug-likeness (QED) is 0.577. The highest BCUT2D eigenvalue weighted by Crippen LogP contribution is 2.32. The first-order valence-electron chi connectivity index (χ1n) is 3.69. The van der Waals surface area contributed by atoms with E-state index in [1.54, 1.807) is 0 Å². The highest BCUT2D eigenvalue weighted by molar-refractivity contribution is 4.77. The van der Waals surface area contributed by atoms with Gasteiger partial charge in [-0.05, 0) is 18.4 Å². The van der Waals surface area contributed by atoms with Crippen molar-refractivity contribution in [1.82, 2.24) is 0 Å². The summed E-state index contributed by atoms with van der Waals surface area (Å²) in [5.74, 6) is 1.12. The summed E-state index contributed by atoms with van der Waals surface area (Å²) in [5.41, 5.74) is 5.43. The molecule has 2 nitrogen and oxygen atoms in total. The van der Waals surface area contributed by atoms with E-state index in [-0.39, 0.29) is 6.61 Å². The van der Waals surface area contributed by atoms with E-state index in [0.717, 1.165) is 5.92 Å². The van der Waals surface area contributed by atoms with E-state index in [1.807, 2.05) is 0 Å². The molecule has 54 valence electrons. The third-order valence-electron chi connectivity index (χ3n) is 2.35. The molecule has 0 spiro atoms. The van der Waals surface area contributed by atoms with E-state index in [0.29, 0.717) is 12.5 Å². The maximum atomic E-state index is 8.78. The second kappa shape index (κ2) is 3.18. The van der Waals surface area contributed by atoms with Crippen LogP contribution in [0.25, 0.3) is 0 Å². The van der Waals surface area contributed by atoms with Crippen LogP contribution in [0.1, 0.15) is 19.3 Å². The van der Waals surface area contributed by atoms with Gasteiger partial charge in [-0.2, -0.15) is 0 Å². The summed E-state index contributed by atoms with van der Waals surface area (Å²) in [6.07, 6.45) is 3.89. The summed E-state index contributed by atoms with van der Waals surface area (Å²) >= 11 is 0. The van der Waals surface area contributed by atoms with Gasteiger partial charge in [-0.3, -0.25) is 0 Å². The molecule has 0 radical (unpaired) electrons. The van der Waals surface area contributed by atoms with Crippen molar-refractivity contribution in [1.29, 1.82) is 0 Å². The van der Waals surface area contributed by atoms with Gasteiger partial charge in [0.05, 0.1) is 0 Å². The van der Waals surface area contributed by atoms with Gasteiger partial charge in [0.25, 0.3) is 0 Å². The Kier molecular flexibility index (Phi) is 2.49. The molecule has 1 atom stereocenters. The second-order valence-electron chi connectivity index (χ2n) is 2.87. The molecule has 2 heteroatoms. The third-order valence-corrected chi connectivity index (χ3v) is 2.35. The van der Waals surface area contributed by atoms with E-state index in [4.69, 9.17) is 10.8 Å². The van der Waals surface area contributed by atoms with Crippen molar-refractivity contribution in [2.45, 2.75) is 19.3 Å². The third kappa shape index (κ3) is 1.43. The molecule has 0 aromatic rings. The molecule has 0 unspecified atom stereocenters. The lowest BCUT2D eigenvalue weighted by molar-refractivity contribution is 0.129. The SMILES string of the molecule is NC[C@@H](CO)C1CCC1. The van der Waals surface area contributed by atoms with Crippen molar-refractivity contribution in [3.05, 3.63) is 0 Å². The monoisotopic (exact) mass is 129 g/mol. The lowest BCUT2D eigenvalue weighted by Crippen LogP contribution is -2.30. The second-order valence-corrected chi connectivity index (χ2v) is 2.87. The minimum atomic E-state index is 0.279. The Bertz CT molecular complexity index is 77.0. The molecule has 9 heavy (non-hydrogen) atoms. The number of hydrogen-bond donors (Lipinski definition) is 2. The standard InChI is InChI=1S/C7H15NO/c8-4-7(5-9)6-2-1-3-6/h6-7,9H,1-5,8H2/t7-/m0/s1. The zero-order valence-corrected chi connectivity index (χ0v) is 5.71. The van der Waals surface area contributed by atoms with Crippen molar-refractivity contribution < 1.29 is 5.11 Å². The average Bonchev–Trinajstić information content (AvgIpc) is 1.78. The molecule has 1 aliphatic carbocycles. The van der Waals surface area contributed by atoms with Gasteiger partial charge in [-0.1, -0.05) is 19.3 Å². The Balaban J connectivity index is 2.19. The van der Waals surface area contributed by atoms with Gasteiger partial charge in [0.15, 0.2) is 0 Å². The Morgan fingerprint density at radius 1 is 1.56 bits per heavy atom. The average molecular weight is 129 g/mol. The summed E-state index contributed by atoms with van der Waals surface area (Å²) < 4.78 is 0. The molecule has 0 heterocycles. The minimum absolute atomic E-state index is 0.279. The predicted molar refractivity (Wildman–Crippen MR) is 37.0 cm³/mol. The van der Waals surface area contributed by atoms with Crippen molar-refractivity contribution in [3.8, 4) is 0 Å². The maximum absolute atomic E-state index is 8.78. The van der Waals surface area contributed by atoms with Crippen LogP contribution < -0.4 is 5.73 Å². The van der Waals surface area contributed by atoms with Crippen LogP contribution in [0.5, 0.6) is 0 Å². The molecule has 1 saturated carbocycles. The maximum Gasteiger partial charge on any atom is 0.0473 e. The molecule has 0 saturated heterocycles. The Morgan fingerprint density at radius 3 is 2.33 bits per heavy atom. The zero-order chi connectivity index (χ0) is 6.69. The molecule has 0 aromatic heterocycles. The molecule has 1 rings (SSSR count). The lowest BCUT2D eigenvalue weighted by atomic mass is 9.76. The molecule has 0 amide bonds. The van der Waals surface area contributed by atoms with Crippen LogP contribution in [-0.4, -0.2) is 18.3 Å². The zero-order valence-electron chi connectivity index (χ0n) is 5.71. The van der Waals surface area contributed by atoms with E-state index in [9.17, 15) is 0 Å². The van der Waals surface area contributed by atoms with Crippen LogP contribution >= 0.6 is 0 Å². The van der Waals surface area contributed by atoms with Crippen LogP contribution in [0.15, 0.2) is 0 Å². The number of hydrogen-bond acceptors (Lipinski definition) is 2. The Morgan fingerprint density at radius 2 is 2.22 bits per heavy atom. The topological polar surface area (TPSA) is 46.2 Å². The van der Waals surface area contributed by atoms with Gasteiger partial charge in [0.2, 0.25) is 0 Å². The number of rotatable bonds is 3. The van der Waals surface area contributed by atoms with E-state index in [2.05, 4.69) is 0 Å². The van der Waals surface area contributed by atoms with Crippen molar-refractivity contribution in [2.75, 3.05) is 13.2 Å². The fraction of sp³-hybridized carbons (Fsp3) is 1.00. The first-order chi connectivity index (χ1) is 4.38. The van der Waals surface area contributed by atoms with E-state index < -0.39 is 0 Å². The number of nitrogens with two attached hydrogens (primary N) is 1. The number of aliphatic hydroxyl groups is 1. The van der Waals surface area contributed by atoms with Crippen molar-refractivity contribution >= 4 is 0 Å². The fourth-order valence-electron chi connectivity index (χ4n) is 1.33. The van der Waals surface area contributed by atoms with Crippen molar-refractivity contribution in [2.24, 2.45) is 17.6 Å². The normalized spacial score (nSPS) is 23.3.